The Morgan fingerprint density at radius 2 is 0.978 bits per heavy atom. The number of unbranched alkanes of at least 4 members (excludes halogenated alkanes) is 22. The zero-order chi connectivity index (χ0) is 33.8. The van der Waals surface area contributed by atoms with Crippen LogP contribution < -0.4 is 0 Å². The van der Waals surface area contributed by atoms with Crippen molar-refractivity contribution in [2.45, 2.75) is 199 Å². The van der Waals surface area contributed by atoms with Gasteiger partial charge in [0.15, 0.2) is 5.90 Å². The molecule has 46 heavy (non-hydrogen) atoms. The summed E-state index contributed by atoms with van der Waals surface area (Å²) < 4.78 is 5.49. The first kappa shape index (κ1) is 44.3. The molecule has 0 amide bonds. The molecular weight excluding hydrogens is 574 g/mol. The smallest absolute Gasteiger partial charge is 0.303 e. The van der Waals surface area contributed by atoms with E-state index in [9.17, 15) is 15.0 Å². The van der Waals surface area contributed by atoms with Crippen LogP contribution in [-0.4, -0.2) is 52.5 Å². The quantitative estimate of drug-likeness (QED) is 0.0497. The first-order valence-corrected chi connectivity index (χ1v) is 19.5. The molecule has 0 aromatic rings. The normalized spacial score (nSPS) is 14.0. The number of hydrogen-bond donors (Lipinski definition) is 3. The van der Waals surface area contributed by atoms with Gasteiger partial charge < -0.3 is 20.1 Å². The Hall–Kier alpha value is -1.66. The number of aliphatic hydroxyl groups excluding tert-OH is 2. The van der Waals surface area contributed by atoms with Crippen LogP contribution in [0.5, 0.6) is 0 Å². The van der Waals surface area contributed by atoms with Gasteiger partial charge in [0.1, 0.15) is 12.1 Å². The molecule has 270 valence electrons. The van der Waals surface area contributed by atoms with Gasteiger partial charge in [0.25, 0.3) is 0 Å². The largest absolute Gasteiger partial charge is 0.481 e. The number of aliphatic carboxylic acids is 1. The Morgan fingerprint density at radius 1 is 0.609 bits per heavy atom. The molecule has 0 unspecified atom stereocenters. The highest BCUT2D eigenvalue weighted by Crippen LogP contribution is 2.20. The van der Waals surface area contributed by atoms with Gasteiger partial charge >= 0.3 is 5.97 Å². The van der Waals surface area contributed by atoms with E-state index in [0.717, 1.165) is 25.7 Å². The van der Waals surface area contributed by atoms with E-state index >= 15 is 0 Å². The lowest BCUT2D eigenvalue weighted by molar-refractivity contribution is -0.137. The van der Waals surface area contributed by atoms with Gasteiger partial charge in [0.05, 0.1) is 13.2 Å². The number of ether oxygens (including phenoxy) is 1. The SMILES string of the molecule is CCCCCCCC/C=C/CCCCCCCC(=O)O.CCCCCCCC/C=C/CCCCCCCC1=NC(CO)(CO)CO1. The summed E-state index contributed by atoms with van der Waals surface area (Å²) >= 11 is 0. The van der Waals surface area contributed by atoms with Crippen molar-refractivity contribution in [2.24, 2.45) is 4.99 Å². The predicted molar refractivity (Wildman–Crippen MR) is 197 cm³/mol. The molecule has 1 heterocycles. The van der Waals surface area contributed by atoms with Crippen LogP contribution in [0.3, 0.4) is 0 Å². The zero-order valence-corrected chi connectivity index (χ0v) is 30.3. The first-order chi connectivity index (χ1) is 22.5. The molecule has 0 atom stereocenters. The van der Waals surface area contributed by atoms with E-state index in [1.807, 2.05) is 0 Å². The fourth-order valence-corrected chi connectivity index (χ4v) is 5.58. The molecule has 6 heteroatoms. The van der Waals surface area contributed by atoms with E-state index in [4.69, 9.17) is 9.84 Å². The molecule has 0 aromatic carbocycles. The number of rotatable bonds is 32. The van der Waals surface area contributed by atoms with E-state index in [-0.39, 0.29) is 13.2 Å². The van der Waals surface area contributed by atoms with Crippen molar-refractivity contribution in [1.29, 1.82) is 0 Å². The van der Waals surface area contributed by atoms with Crippen LogP contribution in [0.15, 0.2) is 29.3 Å². The third-order valence-corrected chi connectivity index (χ3v) is 8.76. The molecule has 0 radical (unpaired) electrons. The minimum Gasteiger partial charge on any atom is -0.481 e. The second-order valence-corrected chi connectivity index (χ2v) is 13.4. The molecule has 0 bridgehead atoms. The van der Waals surface area contributed by atoms with Gasteiger partial charge in [-0.25, -0.2) is 4.99 Å². The molecule has 0 saturated heterocycles. The van der Waals surface area contributed by atoms with Crippen molar-refractivity contribution in [3.63, 3.8) is 0 Å². The maximum Gasteiger partial charge on any atom is 0.303 e. The van der Waals surface area contributed by atoms with E-state index < -0.39 is 11.5 Å². The lowest BCUT2D eigenvalue weighted by Gasteiger charge is -2.16. The third kappa shape index (κ3) is 29.7. The highest BCUT2D eigenvalue weighted by molar-refractivity contribution is 5.78. The van der Waals surface area contributed by atoms with Crippen LogP contribution in [0.25, 0.3) is 0 Å². The standard InChI is InChI=1S/C22H41NO3.C18H34O2/c1-2-3-4-5-6-7-8-9-10-11-12-13-14-15-16-17-21-23-22(18-24,19-25)20-26-21;1-2-3-4-5-6-7-8-9-10-11-12-13-14-15-16-17-18(19)20/h9-10,24-25H,2-8,11-20H2,1H3;9-10H,2-8,11-17H2,1H3,(H,19,20)/b2*10-9+. The molecule has 0 fully saturated rings. The lowest BCUT2D eigenvalue weighted by atomic mass is 10.1. The van der Waals surface area contributed by atoms with Gasteiger partial charge in [-0.1, -0.05) is 141 Å². The Bertz CT molecular complexity index is 744. The number of aliphatic imine (C=N–C) groups is 1. The van der Waals surface area contributed by atoms with E-state index in [2.05, 4.69) is 43.1 Å². The van der Waals surface area contributed by atoms with Gasteiger partial charge in [-0.15, -0.1) is 0 Å². The Labute approximate surface area is 284 Å². The molecule has 0 aliphatic carbocycles. The number of carboxylic acids is 1. The average molecular weight is 650 g/mol. The van der Waals surface area contributed by atoms with Crippen LogP contribution in [0.2, 0.25) is 0 Å². The number of aliphatic hydroxyl groups is 2. The summed E-state index contributed by atoms with van der Waals surface area (Å²) in [4.78, 5) is 14.7. The van der Waals surface area contributed by atoms with Crippen LogP contribution in [-0.2, 0) is 9.53 Å². The Morgan fingerprint density at radius 3 is 1.35 bits per heavy atom. The molecule has 0 aromatic heterocycles. The van der Waals surface area contributed by atoms with Crippen molar-refractivity contribution in [1.82, 2.24) is 0 Å². The molecule has 0 spiro atoms. The number of allylic oxidation sites excluding steroid dienone is 4. The maximum atomic E-state index is 10.3. The van der Waals surface area contributed by atoms with Gasteiger partial charge in [-0.3, -0.25) is 4.79 Å². The van der Waals surface area contributed by atoms with Crippen LogP contribution in [0.4, 0.5) is 0 Å². The minimum atomic E-state index is -0.794. The summed E-state index contributed by atoms with van der Waals surface area (Å²) in [6.07, 6.45) is 43.6. The van der Waals surface area contributed by atoms with Gasteiger partial charge in [0.2, 0.25) is 0 Å². The third-order valence-electron chi connectivity index (χ3n) is 8.76. The molecule has 1 aliphatic rings. The zero-order valence-electron chi connectivity index (χ0n) is 30.3. The van der Waals surface area contributed by atoms with Gasteiger partial charge in [-0.05, 0) is 64.2 Å². The summed E-state index contributed by atoms with van der Waals surface area (Å²) in [5.74, 6) is 0.0355. The molecule has 1 aliphatic heterocycles. The summed E-state index contributed by atoms with van der Waals surface area (Å²) in [6.45, 7) is 4.52. The minimum absolute atomic E-state index is 0.153. The molecule has 3 N–H and O–H groups in total. The predicted octanol–water partition coefficient (Wildman–Crippen LogP) is 11.3. The molecule has 6 nitrogen and oxygen atoms in total. The number of carbonyl (C=O) groups is 1. The second kappa shape index (κ2) is 34.7. The van der Waals surface area contributed by atoms with E-state index in [1.54, 1.807) is 0 Å². The number of carboxylic acid groups (broad SMARTS) is 1. The van der Waals surface area contributed by atoms with Crippen molar-refractivity contribution >= 4 is 11.9 Å². The van der Waals surface area contributed by atoms with Gasteiger partial charge in [-0.2, -0.15) is 0 Å². The van der Waals surface area contributed by atoms with Gasteiger partial charge in [0, 0.05) is 12.8 Å². The van der Waals surface area contributed by atoms with Crippen molar-refractivity contribution in [2.75, 3.05) is 19.8 Å². The fraction of sp³-hybridized carbons (Fsp3) is 0.850. The van der Waals surface area contributed by atoms with Crippen LogP contribution in [0, 0.1) is 0 Å². The number of hydrogen-bond acceptors (Lipinski definition) is 5. The van der Waals surface area contributed by atoms with E-state index in [1.165, 1.54) is 148 Å². The highest BCUT2D eigenvalue weighted by atomic mass is 16.5. The van der Waals surface area contributed by atoms with Crippen LogP contribution in [0.1, 0.15) is 194 Å². The fourth-order valence-electron chi connectivity index (χ4n) is 5.58. The van der Waals surface area contributed by atoms with Crippen molar-refractivity contribution in [3.8, 4) is 0 Å². The van der Waals surface area contributed by atoms with E-state index in [0.29, 0.717) is 18.9 Å². The number of nitrogens with zero attached hydrogens (tertiary/aromatic N) is 1. The monoisotopic (exact) mass is 650 g/mol. The molecule has 0 saturated carbocycles. The average Bonchev–Trinajstić information content (AvgIpc) is 3.48. The topological polar surface area (TPSA) is 99.4 Å². The summed E-state index contributed by atoms with van der Waals surface area (Å²) in [5.41, 5.74) is -0.794. The highest BCUT2D eigenvalue weighted by Gasteiger charge is 2.35. The Balaban J connectivity index is 0.000000914. The van der Waals surface area contributed by atoms with Crippen molar-refractivity contribution in [3.05, 3.63) is 24.3 Å². The summed E-state index contributed by atoms with van der Waals surface area (Å²) in [7, 11) is 0. The second-order valence-electron chi connectivity index (χ2n) is 13.4. The summed E-state index contributed by atoms with van der Waals surface area (Å²) in [5, 5.41) is 27.1. The first-order valence-electron chi connectivity index (χ1n) is 19.5. The Kier molecular flexibility index (Phi) is 33.4. The summed E-state index contributed by atoms with van der Waals surface area (Å²) in [6, 6.07) is 0. The lowest BCUT2D eigenvalue weighted by Crippen LogP contribution is -2.37. The van der Waals surface area contributed by atoms with Crippen molar-refractivity contribution < 1.29 is 24.9 Å². The molecular formula is C40H75NO5. The molecule has 1 rings (SSSR count). The van der Waals surface area contributed by atoms with Crippen LogP contribution >= 0.6 is 0 Å². The maximum absolute atomic E-state index is 10.3.